The third kappa shape index (κ3) is 2.12. The molecular weight excluding hydrogens is 172 g/mol. The van der Waals surface area contributed by atoms with Gasteiger partial charge in [0.05, 0.1) is 24.0 Å². The van der Waals surface area contributed by atoms with Gasteiger partial charge in [0.1, 0.15) is 0 Å². The van der Waals surface area contributed by atoms with Gasteiger partial charge in [-0.15, -0.1) is 0 Å². The Balaban J connectivity index is 2.91. The minimum absolute atomic E-state index is 0.0820. The van der Waals surface area contributed by atoms with Crippen LogP contribution in [-0.2, 0) is 0 Å². The first kappa shape index (κ1) is 10.3. The van der Waals surface area contributed by atoms with Gasteiger partial charge in [0.2, 0.25) is 0 Å². The van der Waals surface area contributed by atoms with Crippen molar-refractivity contribution in [3.05, 3.63) is 35.4 Å². The number of rotatable bonds is 2. The lowest BCUT2D eigenvalue weighted by molar-refractivity contribution is 0.954. The molecule has 2 nitrogen and oxygen atoms in total. The molecule has 0 aromatic heterocycles. The SMILES string of the molecule is CC(C#N)c1ccc(C(C)C#N)cc1. The van der Waals surface area contributed by atoms with Crippen LogP contribution >= 0.6 is 0 Å². The number of hydrogen-bond donors (Lipinski definition) is 0. The Morgan fingerprint density at radius 2 is 1.14 bits per heavy atom. The lowest BCUT2D eigenvalue weighted by Gasteiger charge is -2.06. The van der Waals surface area contributed by atoms with Gasteiger partial charge in [-0.2, -0.15) is 10.5 Å². The van der Waals surface area contributed by atoms with Crippen LogP contribution in [0.25, 0.3) is 0 Å². The maximum absolute atomic E-state index is 8.71. The Kier molecular flexibility index (Phi) is 3.26. The molecule has 0 saturated carbocycles. The average molecular weight is 184 g/mol. The predicted molar refractivity (Wildman–Crippen MR) is 54.5 cm³/mol. The van der Waals surface area contributed by atoms with E-state index in [0.29, 0.717) is 0 Å². The van der Waals surface area contributed by atoms with Crippen LogP contribution in [-0.4, -0.2) is 0 Å². The molecule has 2 heteroatoms. The van der Waals surface area contributed by atoms with Gasteiger partial charge in [0.25, 0.3) is 0 Å². The van der Waals surface area contributed by atoms with Gasteiger partial charge in [-0.3, -0.25) is 0 Å². The van der Waals surface area contributed by atoms with Gasteiger partial charge in [-0.25, -0.2) is 0 Å². The lowest BCUT2D eigenvalue weighted by Crippen LogP contribution is -1.92. The second-order valence-corrected chi connectivity index (χ2v) is 3.37. The molecule has 0 aliphatic rings. The Labute approximate surface area is 84.4 Å². The van der Waals surface area contributed by atoms with Gasteiger partial charge in [0, 0.05) is 0 Å². The van der Waals surface area contributed by atoms with Crippen molar-refractivity contribution in [1.29, 1.82) is 10.5 Å². The van der Waals surface area contributed by atoms with E-state index in [2.05, 4.69) is 12.1 Å². The van der Waals surface area contributed by atoms with Crippen molar-refractivity contribution in [1.82, 2.24) is 0 Å². The summed E-state index contributed by atoms with van der Waals surface area (Å²) in [6, 6.07) is 12.0. The predicted octanol–water partition coefficient (Wildman–Crippen LogP) is 2.94. The molecule has 0 saturated heterocycles. The Hall–Kier alpha value is -1.80. The summed E-state index contributed by atoms with van der Waals surface area (Å²) in [5.74, 6) is -0.164. The Morgan fingerprint density at radius 1 is 0.857 bits per heavy atom. The molecule has 0 aliphatic carbocycles. The Morgan fingerprint density at radius 3 is 1.36 bits per heavy atom. The highest BCUT2D eigenvalue weighted by molar-refractivity contribution is 5.31. The summed E-state index contributed by atoms with van der Waals surface area (Å²) in [5, 5.41) is 17.4. The molecule has 0 heterocycles. The third-order valence-corrected chi connectivity index (χ3v) is 2.32. The van der Waals surface area contributed by atoms with E-state index in [4.69, 9.17) is 10.5 Å². The van der Waals surface area contributed by atoms with Crippen LogP contribution in [0.4, 0.5) is 0 Å². The summed E-state index contributed by atoms with van der Waals surface area (Å²) in [4.78, 5) is 0. The molecule has 0 N–H and O–H groups in total. The molecule has 70 valence electrons. The van der Waals surface area contributed by atoms with E-state index in [-0.39, 0.29) is 11.8 Å². The molecule has 1 aromatic rings. The highest BCUT2D eigenvalue weighted by atomic mass is 14.3. The summed E-state index contributed by atoms with van der Waals surface area (Å²) in [7, 11) is 0. The molecule has 0 radical (unpaired) electrons. The zero-order valence-corrected chi connectivity index (χ0v) is 8.36. The van der Waals surface area contributed by atoms with Crippen LogP contribution in [0.2, 0.25) is 0 Å². The van der Waals surface area contributed by atoms with E-state index in [0.717, 1.165) is 11.1 Å². The molecule has 0 bridgehead atoms. The number of nitrogens with zero attached hydrogens (tertiary/aromatic N) is 2. The summed E-state index contributed by atoms with van der Waals surface area (Å²) in [5.41, 5.74) is 2.00. The van der Waals surface area contributed by atoms with Crippen molar-refractivity contribution in [2.45, 2.75) is 25.7 Å². The second-order valence-electron chi connectivity index (χ2n) is 3.37. The standard InChI is InChI=1S/C12H12N2/c1-9(7-13)11-3-5-12(6-4-11)10(2)8-14/h3-6,9-10H,1-2H3. The first-order valence-corrected chi connectivity index (χ1v) is 4.58. The van der Waals surface area contributed by atoms with E-state index in [1.165, 1.54) is 0 Å². The van der Waals surface area contributed by atoms with Crippen LogP contribution < -0.4 is 0 Å². The van der Waals surface area contributed by atoms with Gasteiger partial charge in [-0.05, 0) is 25.0 Å². The molecule has 2 unspecified atom stereocenters. The summed E-state index contributed by atoms with van der Waals surface area (Å²) in [6.45, 7) is 3.73. The monoisotopic (exact) mass is 184 g/mol. The smallest absolute Gasteiger partial charge is 0.0700 e. The molecule has 1 rings (SSSR count). The molecule has 0 fully saturated rings. The third-order valence-electron chi connectivity index (χ3n) is 2.32. The zero-order chi connectivity index (χ0) is 10.6. The summed E-state index contributed by atoms with van der Waals surface area (Å²) in [6.07, 6.45) is 0. The van der Waals surface area contributed by atoms with Crippen molar-refractivity contribution in [2.75, 3.05) is 0 Å². The van der Waals surface area contributed by atoms with Crippen LogP contribution in [0.3, 0.4) is 0 Å². The average Bonchev–Trinajstić information content (AvgIpc) is 2.27. The van der Waals surface area contributed by atoms with Crippen molar-refractivity contribution >= 4 is 0 Å². The molecule has 2 atom stereocenters. The summed E-state index contributed by atoms with van der Waals surface area (Å²) < 4.78 is 0. The van der Waals surface area contributed by atoms with Gasteiger partial charge in [-0.1, -0.05) is 24.3 Å². The molecule has 14 heavy (non-hydrogen) atoms. The van der Waals surface area contributed by atoms with Crippen molar-refractivity contribution < 1.29 is 0 Å². The van der Waals surface area contributed by atoms with Gasteiger partial charge < -0.3 is 0 Å². The fraction of sp³-hybridized carbons (Fsp3) is 0.333. The molecule has 0 spiro atoms. The van der Waals surface area contributed by atoms with E-state index in [9.17, 15) is 0 Å². The number of hydrogen-bond acceptors (Lipinski definition) is 2. The highest BCUT2D eigenvalue weighted by Crippen LogP contribution is 2.19. The van der Waals surface area contributed by atoms with Crippen LogP contribution in [0.5, 0.6) is 0 Å². The quantitative estimate of drug-likeness (QED) is 0.709. The molecule has 0 amide bonds. The van der Waals surface area contributed by atoms with E-state index in [1.54, 1.807) is 0 Å². The topological polar surface area (TPSA) is 47.6 Å². The molecular formula is C12H12N2. The van der Waals surface area contributed by atoms with E-state index in [1.807, 2.05) is 38.1 Å². The molecule has 1 aromatic carbocycles. The van der Waals surface area contributed by atoms with Crippen molar-refractivity contribution in [3.8, 4) is 12.1 Å². The first-order valence-electron chi connectivity index (χ1n) is 4.58. The lowest BCUT2D eigenvalue weighted by atomic mass is 9.97. The van der Waals surface area contributed by atoms with Crippen molar-refractivity contribution in [2.24, 2.45) is 0 Å². The number of benzene rings is 1. The van der Waals surface area contributed by atoms with Crippen molar-refractivity contribution in [3.63, 3.8) is 0 Å². The Bertz CT molecular complexity index is 339. The summed E-state index contributed by atoms with van der Waals surface area (Å²) >= 11 is 0. The highest BCUT2D eigenvalue weighted by Gasteiger charge is 2.06. The van der Waals surface area contributed by atoms with E-state index >= 15 is 0 Å². The maximum atomic E-state index is 8.71. The van der Waals surface area contributed by atoms with Crippen LogP contribution in [0.1, 0.15) is 36.8 Å². The van der Waals surface area contributed by atoms with E-state index < -0.39 is 0 Å². The largest absolute Gasteiger partial charge is 0.198 e. The number of nitriles is 2. The second kappa shape index (κ2) is 4.44. The fourth-order valence-electron chi connectivity index (χ4n) is 1.22. The van der Waals surface area contributed by atoms with Gasteiger partial charge in [0.15, 0.2) is 0 Å². The van der Waals surface area contributed by atoms with Crippen LogP contribution in [0.15, 0.2) is 24.3 Å². The minimum atomic E-state index is -0.0820. The van der Waals surface area contributed by atoms with Crippen LogP contribution in [0, 0.1) is 22.7 Å². The normalized spacial score (nSPS) is 13.7. The minimum Gasteiger partial charge on any atom is -0.198 e. The van der Waals surface area contributed by atoms with Gasteiger partial charge >= 0.3 is 0 Å². The molecule has 0 aliphatic heterocycles. The zero-order valence-electron chi connectivity index (χ0n) is 8.36. The first-order chi connectivity index (χ1) is 6.69. The maximum Gasteiger partial charge on any atom is 0.0700 e. The fourth-order valence-corrected chi connectivity index (χ4v) is 1.22.